The predicted octanol–water partition coefficient (Wildman–Crippen LogP) is 5.99. The second-order valence-electron chi connectivity index (χ2n) is 10.7. The minimum Gasteiger partial charge on any atom is -0.367 e. The van der Waals surface area contributed by atoms with E-state index in [1.807, 2.05) is 42.2 Å². The smallest absolute Gasteiger partial charge is 0.255 e. The van der Waals surface area contributed by atoms with Crippen molar-refractivity contribution in [2.75, 3.05) is 36.4 Å². The number of halogens is 2. The molecule has 1 aliphatic rings. The highest BCUT2D eigenvalue weighted by Crippen LogP contribution is 2.28. The minimum atomic E-state index is -0.527. The summed E-state index contributed by atoms with van der Waals surface area (Å²) in [6, 6.07) is 26.0. The summed E-state index contributed by atoms with van der Waals surface area (Å²) in [4.78, 5) is 43.7. The van der Waals surface area contributed by atoms with Crippen molar-refractivity contribution in [2.24, 2.45) is 0 Å². The number of amides is 3. The van der Waals surface area contributed by atoms with Crippen molar-refractivity contribution in [2.45, 2.75) is 25.8 Å². The number of benzene rings is 4. The third-order valence-electron chi connectivity index (χ3n) is 7.79. The maximum atomic E-state index is 13.7. The Morgan fingerprint density at radius 1 is 0.773 bits per heavy atom. The lowest BCUT2D eigenvalue weighted by molar-refractivity contribution is -0.133. The van der Waals surface area contributed by atoms with Gasteiger partial charge in [0.1, 0.15) is 11.6 Å². The molecule has 226 valence electrons. The summed E-state index contributed by atoms with van der Waals surface area (Å²) in [5.41, 5.74) is 3.24. The predicted molar refractivity (Wildman–Crippen MR) is 167 cm³/mol. The highest BCUT2D eigenvalue weighted by Gasteiger charge is 2.29. The molecule has 0 bridgehead atoms. The molecule has 4 aromatic rings. The van der Waals surface area contributed by atoms with Gasteiger partial charge in [-0.1, -0.05) is 55.5 Å². The Bertz CT molecular complexity index is 1620. The van der Waals surface area contributed by atoms with Crippen LogP contribution < -0.4 is 15.5 Å². The molecule has 9 heteroatoms. The normalized spacial score (nSPS) is 13.7. The molecule has 1 atom stereocenters. The van der Waals surface area contributed by atoms with Gasteiger partial charge in [0.05, 0.1) is 11.5 Å². The maximum absolute atomic E-state index is 13.7. The van der Waals surface area contributed by atoms with E-state index in [0.29, 0.717) is 49.5 Å². The van der Waals surface area contributed by atoms with Gasteiger partial charge in [-0.3, -0.25) is 14.4 Å². The fourth-order valence-corrected chi connectivity index (χ4v) is 5.41. The molecule has 0 aliphatic carbocycles. The van der Waals surface area contributed by atoms with Crippen LogP contribution in [0.5, 0.6) is 0 Å². The average molecular weight is 597 g/mol. The van der Waals surface area contributed by atoms with Gasteiger partial charge in [0.2, 0.25) is 5.91 Å². The molecule has 0 unspecified atom stereocenters. The molecule has 3 amide bonds. The molecule has 0 spiro atoms. The fourth-order valence-electron chi connectivity index (χ4n) is 5.41. The molecular formula is C35H34F2N4O3. The van der Waals surface area contributed by atoms with Crippen LogP contribution in [0.2, 0.25) is 0 Å². The van der Waals surface area contributed by atoms with Gasteiger partial charge in [-0.2, -0.15) is 0 Å². The third-order valence-corrected chi connectivity index (χ3v) is 7.79. The molecule has 5 rings (SSSR count). The topological polar surface area (TPSA) is 81.8 Å². The summed E-state index contributed by atoms with van der Waals surface area (Å²) in [7, 11) is 0. The minimum absolute atomic E-state index is 0.0889. The van der Waals surface area contributed by atoms with Crippen molar-refractivity contribution in [3.05, 3.63) is 131 Å². The lowest BCUT2D eigenvalue weighted by atomic mass is 9.94. The van der Waals surface area contributed by atoms with Gasteiger partial charge in [-0.05, 0) is 66.1 Å². The largest absolute Gasteiger partial charge is 0.367 e. The van der Waals surface area contributed by atoms with Crippen molar-refractivity contribution in [1.82, 2.24) is 10.2 Å². The van der Waals surface area contributed by atoms with E-state index in [-0.39, 0.29) is 35.7 Å². The Labute approximate surface area is 255 Å². The monoisotopic (exact) mass is 596 g/mol. The number of hydrogen-bond donors (Lipinski definition) is 2. The van der Waals surface area contributed by atoms with Crippen molar-refractivity contribution >= 4 is 29.1 Å². The summed E-state index contributed by atoms with van der Waals surface area (Å²) in [6.45, 7) is 4.22. The van der Waals surface area contributed by atoms with Crippen LogP contribution in [0, 0.1) is 11.6 Å². The van der Waals surface area contributed by atoms with E-state index in [1.54, 1.807) is 30.3 Å². The van der Waals surface area contributed by atoms with Gasteiger partial charge in [-0.25, -0.2) is 8.78 Å². The molecule has 0 aromatic heterocycles. The summed E-state index contributed by atoms with van der Waals surface area (Å²) >= 11 is 0. The maximum Gasteiger partial charge on any atom is 0.255 e. The lowest BCUT2D eigenvalue weighted by Crippen LogP contribution is -2.50. The summed E-state index contributed by atoms with van der Waals surface area (Å²) < 4.78 is 27.0. The van der Waals surface area contributed by atoms with Crippen LogP contribution in [-0.2, 0) is 11.3 Å². The zero-order valence-electron chi connectivity index (χ0n) is 24.4. The number of carbonyl (C=O) groups excluding carboxylic acids is 3. The second-order valence-corrected chi connectivity index (χ2v) is 10.7. The van der Waals surface area contributed by atoms with Crippen LogP contribution in [0.1, 0.15) is 51.1 Å². The number of carbonyl (C=O) groups is 3. The zero-order valence-corrected chi connectivity index (χ0v) is 24.4. The van der Waals surface area contributed by atoms with Gasteiger partial charge in [0.25, 0.3) is 11.8 Å². The van der Waals surface area contributed by atoms with Crippen LogP contribution in [-0.4, -0.2) is 48.8 Å². The van der Waals surface area contributed by atoms with Crippen LogP contribution in [0.4, 0.5) is 20.2 Å². The molecule has 7 nitrogen and oxygen atoms in total. The van der Waals surface area contributed by atoms with Gasteiger partial charge in [0.15, 0.2) is 0 Å². The molecule has 1 heterocycles. The number of nitrogens with zero attached hydrogens (tertiary/aromatic N) is 2. The summed E-state index contributed by atoms with van der Waals surface area (Å²) in [6.07, 6.45) is 0.699. The van der Waals surface area contributed by atoms with Crippen molar-refractivity contribution in [1.29, 1.82) is 0 Å². The highest BCUT2D eigenvalue weighted by molar-refractivity contribution is 6.06. The summed E-state index contributed by atoms with van der Waals surface area (Å²) in [5.74, 6) is -1.90. The lowest BCUT2D eigenvalue weighted by Gasteiger charge is -2.38. The first-order valence-electron chi connectivity index (χ1n) is 14.6. The Morgan fingerprint density at radius 2 is 1.50 bits per heavy atom. The van der Waals surface area contributed by atoms with Gasteiger partial charge >= 0.3 is 0 Å². The molecule has 0 radical (unpaired) electrons. The molecule has 4 aromatic carbocycles. The van der Waals surface area contributed by atoms with Crippen LogP contribution >= 0.6 is 0 Å². The highest BCUT2D eigenvalue weighted by atomic mass is 19.1. The second kappa shape index (κ2) is 13.9. The molecular weight excluding hydrogens is 562 g/mol. The Hall–Kier alpha value is -5.05. The van der Waals surface area contributed by atoms with E-state index in [4.69, 9.17) is 0 Å². The van der Waals surface area contributed by atoms with Gasteiger partial charge in [-0.15, -0.1) is 0 Å². The van der Waals surface area contributed by atoms with Crippen LogP contribution in [0.3, 0.4) is 0 Å². The van der Waals surface area contributed by atoms with E-state index in [2.05, 4.69) is 15.5 Å². The van der Waals surface area contributed by atoms with E-state index >= 15 is 0 Å². The van der Waals surface area contributed by atoms with Gasteiger partial charge in [0, 0.05) is 49.7 Å². The van der Waals surface area contributed by atoms with Crippen molar-refractivity contribution in [3.8, 4) is 0 Å². The number of nitrogens with one attached hydrogen (secondary N) is 2. The average Bonchev–Trinajstić information content (AvgIpc) is 3.05. The molecule has 1 aliphatic heterocycles. The van der Waals surface area contributed by atoms with Crippen LogP contribution in [0.25, 0.3) is 0 Å². The Balaban J connectivity index is 1.34. The van der Waals surface area contributed by atoms with E-state index in [9.17, 15) is 23.2 Å². The molecule has 0 saturated carbocycles. The molecule has 1 saturated heterocycles. The first kappa shape index (κ1) is 30.4. The third kappa shape index (κ3) is 7.29. The summed E-state index contributed by atoms with van der Waals surface area (Å²) in [5, 5.41) is 5.64. The van der Waals surface area contributed by atoms with Crippen molar-refractivity contribution < 1.29 is 23.2 Å². The quantitative estimate of drug-likeness (QED) is 0.249. The van der Waals surface area contributed by atoms with E-state index < -0.39 is 11.7 Å². The fraction of sp³-hybridized carbons (Fsp3) is 0.229. The zero-order chi connectivity index (χ0) is 31.1. The first-order valence-corrected chi connectivity index (χ1v) is 14.6. The number of rotatable bonds is 9. The molecule has 1 fully saturated rings. The molecule has 2 N–H and O–H groups in total. The van der Waals surface area contributed by atoms with Crippen molar-refractivity contribution in [3.63, 3.8) is 0 Å². The number of piperazine rings is 1. The SMILES string of the molecule is CC[C@@H](C(=O)N1CCN(c2ccc(NC(=O)c3cccc(F)c3)cc2C(=O)NCc2ccc(F)cc2)CC1)c1ccccc1. The standard InChI is InChI=1S/C35H34F2N4O3/c1-2-30(25-7-4-3-5-8-25)35(44)41-19-17-40(18-20-41)32-16-15-29(39-33(42)26-9-6-10-28(37)21-26)22-31(32)34(43)38-23-24-11-13-27(36)14-12-24/h3-16,21-22,30H,2,17-20,23H2,1H3,(H,38,43)(H,39,42)/t30-/m1/s1. The van der Waals surface area contributed by atoms with E-state index in [1.165, 1.54) is 30.3 Å². The van der Waals surface area contributed by atoms with E-state index in [0.717, 1.165) is 17.2 Å². The molecule has 44 heavy (non-hydrogen) atoms. The first-order chi connectivity index (χ1) is 21.3. The van der Waals surface area contributed by atoms with Crippen LogP contribution in [0.15, 0.2) is 97.1 Å². The number of anilines is 2. The number of hydrogen-bond acceptors (Lipinski definition) is 4. The van der Waals surface area contributed by atoms with Gasteiger partial charge < -0.3 is 20.4 Å². The Kier molecular flexibility index (Phi) is 9.64. The Morgan fingerprint density at radius 3 is 2.18 bits per heavy atom.